The molecule has 6 nitrogen and oxygen atoms in total. The number of H-pyrrole nitrogens is 1. The Balaban J connectivity index is 1.92. The molecular weight excluding hydrogens is 254 g/mol. The fraction of sp³-hybridized carbons (Fsp3) is 0. The lowest BCUT2D eigenvalue weighted by Gasteiger charge is -1.96. The van der Waals surface area contributed by atoms with Crippen molar-refractivity contribution < 1.29 is 4.79 Å². The highest BCUT2D eigenvalue weighted by molar-refractivity contribution is 6.30. The van der Waals surface area contributed by atoms with E-state index < -0.39 is 0 Å². The number of hydrogen-bond acceptors (Lipinski definition) is 3. The van der Waals surface area contributed by atoms with E-state index in [1.807, 2.05) is 0 Å². The van der Waals surface area contributed by atoms with Gasteiger partial charge in [0.05, 0.1) is 17.4 Å². The molecule has 3 aromatic rings. The fourth-order valence-electron chi connectivity index (χ4n) is 1.59. The molecule has 0 unspecified atom stereocenters. The first kappa shape index (κ1) is 10.8. The average molecular weight is 262 g/mol. The molecule has 0 spiro atoms. The standard InChI is InChI=1S/C11H8ClN5O/c12-7-1-2-17-9(3-7)4-10(16-17)11(18)15-8-5-13-14-6-8/h1-6H,(H,13,14)(H,15,18). The lowest BCUT2D eigenvalue weighted by molar-refractivity contribution is 0.102. The first-order valence-corrected chi connectivity index (χ1v) is 5.55. The fourth-order valence-corrected chi connectivity index (χ4v) is 1.76. The normalized spacial score (nSPS) is 10.7. The molecule has 0 bridgehead atoms. The Hall–Kier alpha value is -2.34. The molecule has 0 atom stereocenters. The van der Waals surface area contributed by atoms with Crippen molar-refractivity contribution in [3.63, 3.8) is 0 Å². The van der Waals surface area contributed by atoms with E-state index >= 15 is 0 Å². The average Bonchev–Trinajstić information content (AvgIpc) is 2.96. The van der Waals surface area contributed by atoms with Gasteiger partial charge >= 0.3 is 0 Å². The summed E-state index contributed by atoms with van der Waals surface area (Å²) in [6.07, 6.45) is 4.81. The zero-order valence-corrected chi connectivity index (χ0v) is 9.85. The van der Waals surface area contributed by atoms with E-state index in [0.29, 0.717) is 16.4 Å². The molecule has 90 valence electrons. The number of nitrogens with one attached hydrogen (secondary N) is 2. The van der Waals surface area contributed by atoms with Gasteiger partial charge in [0, 0.05) is 17.4 Å². The second-order valence-corrected chi connectivity index (χ2v) is 4.12. The summed E-state index contributed by atoms with van der Waals surface area (Å²) in [6, 6.07) is 5.11. The van der Waals surface area contributed by atoms with E-state index in [-0.39, 0.29) is 5.91 Å². The van der Waals surface area contributed by atoms with Crippen LogP contribution in [0.5, 0.6) is 0 Å². The van der Waals surface area contributed by atoms with Crippen LogP contribution in [0, 0.1) is 0 Å². The van der Waals surface area contributed by atoms with Crippen molar-refractivity contribution in [2.75, 3.05) is 5.32 Å². The quantitative estimate of drug-likeness (QED) is 0.740. The van der Waals surface area contributed by atoms with Crippen LogP contribution >= 0.6 is 11.6 Å². The number of rotatable bonds is 2. The minimum Gasteiger partial charge on any atom is -0.318 e. The van der Waals surface area contributed by atoms with Gasteiger partial charge in [0.1, 0.15) is 0 Å². The van der Waals surface area contributed by atoms with Gasteiger partial charge in [-0.05, 0) is 18.2 Å². The Bertz CT molecular complexity index is 703. The summed E-state index contributed by atoms with van der Waals surface area (Å²) in [6.45, 7) is 0. The molecule has 7 heteroatoms. The topological polar surface area (TPSA) is 75.1 Å². The highest BCUT2D eigenvalue weighted by Crippen LogP contribution is 2.14. The molecule has 3 aromatic heterocycles. The first-order chi connectivity index (χ1) is 8.72. The minimum atomic E-state index is -0.295. The maximum atomic E-state index is 11.9. The molecule has 0 saturated heterocycles. The van der Waals surface area contributed by atoms with Crippen molar-refractivity contribution in [3.05, 3.63) is 47.5 Å². The predicted octanol–water partition coefficient (Wildman–Crippen LogP) is 1.96. The third-order valence-corrected chi connectivity index (χ3v) is 2.65. The van der Waals surface area contributed by atoms with E-state index in [2.05, 4.69) is 20.6 Å². The second-order valence-electron chi connectivity index (χ2n) is 3.69. The minimum absolute atomic E-state index is 0.295. The number of halogens is 1. The van der Waals surface area contributed by atoms with E-state index in [1.165, 1.54) is 6.20 Å². The largest absolute Gasteiger partial charge is 0.318 e. The summed E-state index contributed by atoms with van der Waals surface area (Å²) >= 11 is 5.87. The Kier molecular flexibility index (Phi) is 2.49. The van der Waals surface area contributed by atoms with Crippen LogP contribution in [-0.4, -0.2) is 25.7 Å². The van der Waals surface area contributed by atoms with Crippen LogP contribution in [0.15, 0.2) is 36.8 Å². The summed E-state index contributed by atoms with van der Waals surface area (Å²) in [5.41, 5.74) is 1.67. The molecule has 0 radical (unpaired) electrons. The SMILES string of the molecule is O=C(Nc1cn[nH]c1)c1cc2cc(Cl)ccn2n1. The van der Waals surface area contributed by atoms with Crippen LogP contribution in [-0.2, 0) is 0 Å². The number of aromatic nitrogens is 4. The Labute approximate surface area is 107 Å². The highest BCUT2D eigenvalue weighted by atomic mass is 35.5. The van der Waals surface area contributed by atoms with Crippen LogP contribution in [0.25, 0.3) is 5.52 Å². The number of fused-ring (bicyclic) bond motifs is 1. The van der Waals surface area contributed by atoms with Gasteiger partial charge in [0.2, 0.25) is 0 Å². The summed E-state index contributed by atoms with van der Waals surface area (Å²) in [7, 11) is 0. The van der Waals surface area contributed by atoms with Gasteiger partial charge in [0.15, 0.2) is 5.69 Å². The van der Waals surface area contributed by atoms with E-state index in [4.69, 9.17) is 11.6 Å². The molecule has 0 saturated carbocycles. The summed E-state index contributed by atoms with van der Waals surface area (Å²) < 4.78 is 1.59. The van der Waals surface area contributed by atoms with Gasteiger partial charge in [-0.15, -0.1) is 0 Å². The number of carbonyl (C=O) groups excluding carboxylic acids is 1. The molecule has 0 fully saturated rings. The number of anilines is 1. The number of pyridine rings is 1. The van der Waals surface area contributed by atoms with Gasteiger partial charge in [-0.2, -0.15) is 10.2 Å². The lowest BCUT2D eigenvalue weighted by atomic mass is 10.3. The Morgan fingerprint density at radius 2 is 2.33 bits per heavy atom. The Morgan fingerprint density at radius 1 is 1.44 bits per heavy atom. The molecule has 0 aromatic carbocycles. The molecular formula is C11H8ClN5O. The molecule has 0 aliphatic carbocycles. The van der Waals surface area contributed by atoms with Gasteiger partial charge < -0.3 is 5.32 Å². The molecule has 3 rings (SSSR count). The van der Waals surface area contributed by atoms with Crippen LogP contribution < -0.4 is 5.32 Å². The summed E-state index contributed by atoms with van der Waals surface area (Å²) in [5, 5.41) is 13.8. The van der Waals surface area contributed by atoms with Crippen molar-refractivity contribution in [1.82, 2.24) is 19.8 Å². The summed E-state index contributed by atoms with van der Waals surface area (Å²) in [4.78, 5) is 11.9. The monoisotopic (exact) mass is 261 g/mol. The number of amides is 1. The molecule has 2 N–H and O–H groups in total. The second kappa shape index (κ2) is 4.15. The zero-order valence-electron chi connectivity index (χ0n) is 9.09. The molecule has 3 heterocycles. The lowest BCUT2D eigenvalue weighted by Crippen LogP contribution is -2.12. The van der Waals surface area contributed by atoms with Crippen LogP contribution in [0.4, 0.5) is 5.69 Å². The predicted molar refractivity (Wildman–Crippen MR) is 66.7 cm³/mol. The smallest absolute Gasteiger partial charge is 0.276 e. The van der Waals surface area contributed by atoms with Crippen LogP contribution in [0.3, 0.4) is 0 Å². The number of aromatic amines is 1. The van der Waals surface area contributed by atoms with Crippen molar-refractivity contribution in [2.24, 2.45) is 0 Å². The molecule has 0 aliphatic heterocycles. The van der Waals surface area contributed by atoms with E-state index in [9.17, 15) is 4.79 Å². The van der Waals surface area contributed by atoms with Gasteiger partial charge in [-0.1, -0.05) is 11.6 Å². The number of hydrogen-bond donors (Lipinski definition) is 2. The highest BCUT2D eigenvalue weighted by Gasteiger charge is 2.11. The first-order valence-electron chi connectivity index (χ1n) is 5.17. The van der Waals surface area contributed by atoms with Crippen molar-refractivity contribution in [1.29, 1.82) is 0 Å². The van der Waals surface area contributed by atoms with Crippen molar-refractivity contribution in [3.8, 4) is 0 Å². The van der Waals surface area contributed by atoms with Gasteiger partial charge in [0.25, 0.3) is 5.91 Å². The third kappa shape index (κ3) is 1.93. The molecule has 18 heavy (non-hydrogen) atoms. The van der Waals surface area contributed by atoms with Crippen LogP contribution in [0.2, 0.25) is 5.02 Å². The maximum absolute atomic E-state index is 11.9. The Morgan fingerprint density at radius 3 is 3.11 bits per heavy atom. The van der Waals surface area contributed by atoms with Crippen molar-refractivity contribution >= 4 is 28.7 Å². The number of nitrogens with zero attached hydrogens (tertiary/aromatic N) is 3. The third-order valence-electron chi connectivity index (χ3n) is 2.41. The van der Waals surface area contributed by atoms with Crippen molar-refractivity contribution in [2.45, 2.75) is 0 Å². The van der Waals surface area contributed by atoms with Gasteiger partial charge in [-0.3, -0.25) is 9.89 Å². The van der Waals surface area contributed by atoms with E-state index in [1.54, 1.807) is 35.1 Å². The molecule has 0 aliphatic rings. The molecule has 1 amide bonds. The summed E-state index contributed by atoms with van der Waals surface area (Å²) in [5.74, 6) is -0.295. The van der Waals surface area contributed by atoms with Gasteiger partial charge in [-0.25, -0.2) is 4.52 Å². The zero-order chi connectivity index (χ0) is 12.5. The number of carbonyl (C=O) groups is 1. The maximum Gasteiger partial charge on any atom is 0.276 e. The van der Waals surface area contributed by atoms with E-state index in [0.717, 1.165) is 5.52 Å². The van der Waals surface area contributed by atoms with Crippen LogP contribution in [0.1, 0.15) is 10.5 Å².